The zero-order valence-corrected chi connectivity index (χ0v) is 12.3. The highest BCUT2D eigenvalue weighted by atomic mass is 32.2. The smallest absolute Gasteiger partial charge is 0.243 e. The average molecular weight is 297 g/mol. The molecule has 1 heterocycles. The van der Waals surface area contributed by atoms with Gasteiger partial charge in [-0.05, 0) is 37.8 Å². The van der Waals surface area contributed by atoms with Crippen molar-refractivity contribution in [2.45, 2.75) is 24.7 Å². The molecule has 0 amide bonds. The third-order valence-electron chi connectivity index (χ3n) is 3.73. The fourth-order valence-corrected chi connectivity index (χ4v) is 3.81. The molecule has 0 atom stereocenters. The van der Waals surface area contributed by atoms with Crippen LogP contribution in [-0.4, -0.2) is 43.3 Å². The fourth-order valence-electron chi connectivity index (χ4n) is 2.34. The molecular formula is C14H19NO4S. The van der Waals surface area contributed by atoms with Crippen LogP contribution in [-0.2, 0) is 10.0 Å². The van der Waals surface area contributed by atoms with Crippen LogP contribution in [0.3, 0.4) is 0 Å². The lowest BCUT2D eigenvalue weighted by Gasteiger charge is -2.30. The number of Topliss-reactive ketones (excluding diaryl/α,β-unsaturated/α-hetero) is 1. The van der Waals surface area contributed by atoms with Crippen molar-refractivity contribution in [2.24, 2.45) is 5.92 Å². The normalized spacial score (nSPS) is 18.1. The van der Waals surface area contributed by atoms with Gasteiger partial charge in [-0.2, -0.15) is 4.31 Å². The van der Waals surface area contributed by atoms with E-state index < -0.39 is 10.0 Å². The summed E-state index contributed by atoms with van der Waals surface area (Å²) < 4.78 is 26.3. The molecule has 0 unspecified atom stereocenters. The van der Waals surface area contributed by atoms with Crippen molar-refractivity contribution in [1.82, 2.24) is 4.31 Å². The number of benzene rings is 1. The van der Waals surface area contributed by atoms with Gasteiger partial charge >= 0.3 is 0 Å². The zero-order valence-electron chi connectivity index (χ0n) is 11.4. The molecule has 5 nitrogen and oxygen atoms in total. The van der Waals surface area contributed by atoms with Crippen LogP contribution in [0.25, 0.3) is 0 Å². The van der Waals surface area contributed by atoms with E-state index in [4.69, 9.17) is 5.11 Å². The van der Waals surface area contributed by atoms with Gasteiger partial charge in [0, 0.05) is 25.3 Å². The Hall–Kier alpha value is -1.24. The quantitative estimate of drug-likeness (QED) is 0.850. The van der Waals surface area contributed by atoms with Gasteiger partial charge in [-0.3, -0.25) is 4.79 Å². The summed E-state index contributed by atoms with van der Waals surface area (Å²) in [6.45, 7) is 2.43. The van der Waals surface area contributed by atoms with Crippen LogP contribution in [0.2, 0.25) is 0 Å². The monoisotopic (exact) mass is 297 g/mol. The molecule has 1 saturated heterocycles. The highest BCUT2D eigenvalue weighted by Gasteiger charge is 2.29. The fraction of sp³-hybridized carbons (Fsp3) is 0.500. The molecule has 0 aliphatic carbocycles. The number of carbonyl (C=O) groups is 1. The summed E-state index contributed by atoms with van der Waals surface area (Å²) in [6.07, 6.45) is 1.36. The first-order valence-corrected chi connectivity index (χ1v) is 8.11. The van der Waals surface area contributed by atoms with Crippen molar-refractivity contribution in [3.8, 4) is 0 Å². The Labute approximate surface area is 119 Å². The first-order valence-electron chi connectivity index (χ1n) is 6.67. The topological polar surface area (TPSA) is 74.7 Å². The summed E-state index contributed by atoms with van der Waals surface area (Å²) in [5, 5.41) is 9.08. The minimum Gasteiger partial charge on any atom is -0.396 e. The van der Waals surface area contributed by atoms with Crippen molar-refractivity contribution >= 4 is 15.8 Å². The van der Waals surface area contributed by atoms with Crippen LogP contribution >= 0.6 is 0 Å². The van der Waals surface area contributed by atoms with Crippen molar-refractivity contribution in [3.05, 3.63) is 29.8 Å². The van der Waals surface area contributed by atoms with Crippen LogP contribution in [0, 0.1) is 5.92 Å². The molecule has 20 heavy (non-hydrogen) atoms. The molecule has 1 aromatic rings. The van der Waals surface area contributed by atoms with E-state index in [9.17, 15) is 13.2 Å². The van der Waals surface area contributed by atoms with Crippen LogP contribution in [0.1, 0.15) is 30.1 Å². The Morgan fingerprint density at radius 2 is 1.80 bits per heavy atom. The molecular weight excluding hydrogens is 278 g/mol. The molecule has 110 valence electrons. The van der Waals surface area contributed by atoms with E-state index in [2.05, 4.69) is 0 Å². The molecule has 0 saturated carbocycles. The molecule has 0 aromatic heterocycles. The Bertz CT molecular complexity index is 572. The molecule has 2 rings (SSSR count). The lowest BCUT2D eigenvalue weighted by Crippen LogP contribution is -2.39. The van der Waals surface area contributed by atoms with Gasteiger partial charge < -0.3 is 5.11 Å². The van der Waals surface area contributed by atoms with Crippen LogP contribution in [0.5, 0.6) is 0 Å². The maximum Gasteiger partial charge on any atom is 0.243 e. The van der Waals surface area contributed by atoms with E-state index in [0.717, 1.165) is 0 Å². The largest absolute Gasteiger partial charge is 0.396 e. The molecule has 0 spiro atoms. The number of aliphatic hydroxyl groups excluding tert-OH is 1. The highest BCUT2D eigenvalue weighted by molar-refractivity contribution is 7.89. The zero-order chi connectivity index (χ0) is 14.8. The second-order valence-corrected chi connectivity index (χ2v) is 7.05. The van der Waals surface area contributed by atoms with Crippen molar-refractivity contribution in [3.63, 3.8) is 0 Å². The number of sulfonamides is 1. The van der Waals surface area contributed by atoms with E-state index in [-0.39, 0.29) is 23.2 Å². The number of hydrogen-bond acceptors (Lipinski definition) is 4. The molecule has 1 aliphatic heterocycles. The number of nitrogens with zero attached hydrogens (tertiary/aromatic N) is 1. The maximum atomic E-state index is 12.4. The summed E-state index contributed by atoms with van der Waals surface area (Å²) in [6, 6.07) is 6.03. The molecule has 1 aliphatic rings. The Morgan fingerprint density at radius 3 is 2.25 bits per heavy atom. The average Bonchev–Trinajstić information content (AvgIpc) is 2.47. The summed E-state index contributed by atoms with van der Waals surface area (Å²) >= 11 is 0. The molecule has 6 heteroatoms. The van der Waals surface area contributed by atoms with Gasteiger partial charge in [0.05, 0.1) is 4.90 Å². The summed E-state index contributed by atoms with van der Waals surface area (Å²) in [5.74, 6) is 0.110. The van der Waals surface area contributed by atoms with E-state index in [1.807, 2.05) is 0 Å². The minimum atomic E-state index is -3.50. The highest BCUT2D eigenvalue weighted by Crippen LogP contribution is 2.23. The summed E-state index contributed by atoms with van der Waals surface area (Å²) in [4.78, 5) is 11.4. The molecule has 0 bridgehead atoms. The first kappa shape index (κ1) is 15.2. The van der Waals surface area contributed by atoms with Gasteiger partial charge in [-0.1, -0.05) is 12.1 Å². The van der Waals surface area contributed by atoms with Crippen LogP contribution in [0.4, 0.5) is 0 Å². The third kappa shape index (κ3) is 3.08. The first-order chi connectivity index (χ1) is 9.45. The van der Waals surface area contributed by atoms with Crippen LogP contribution < -0.4 is 0 Å². The van der Waals surface area contributed by atoms with E-state index in [1.54, 1.807) is 0 Å². The lowest BCUT2D eigenvalue weighted by atomic mass is 10.00. The van der Waals surface area contributed by atoms with Gasteiger partial charge in [-0.15, -0.1) is 0 Å². The van der Waals surface area contributed by atoms with E-state index in [1.165, 1.54) is 35.5 Å². The summed E-state index contributed by atoms with van der Waals surface area (Å²) in [7, 11) is -3.50. The SMILES string of the molecule is CC(=O)c1ccc(S(=O)(=O)N2CCC(CO)CC2)cc1. The second kappa shape index (κ2) is 6.03. The van der Waals surface area contributed by atoms with Crippen LogP contribution in [0.15, 0.2) is 29.2 Å². The van der Waals surface area contributed by atoms with E-state index >= 15 is 0 Å². The Morgan fingerprint density at radius 1 is 1.25 bits per heavy atom. The Balaban J connectivity index is 2.16. The van der Waals surface area contributed by atoms with Gasteiger partial charge in [0.15, 0.2) is 5.78 Å². The van der Waals surface area contributed by atoms with Crippen molar-refractivity contribution in [1.29, 1.82) is 0 Å². The number of hydrogen-bond donors (Lipinski definition) is 1. The van der Waals surface area contributed by atoms with Gasteiger partial charge in [0.2, 0.25) is 10.0 Å². The van der Waals surface area contributed by atoms with E-state index in [0.29, 0.717) is 31.5 Å². The van der Waals surface area contributed by atoms with Gasteiger partial charge in [0.1, 0.15) is 0 Å². The molecule has 0 radical (unpaired) electrons. The van der Waals surface area contributed by atoms with Gasteiger partial charge in [0.25, 0.3) is 0 Å². The standard InChI is InChI=1S/C14H19NO4S/c1-11(17)13-2-4-14(5-3-13)20(18,19)15-8-6-12(10-16)7-9-15/h2-5,12,16H,6-10H2,1H3. The molecule has 1 fully saturated rings. The van der Waals surface area contributed by atoms with Gasteiger partial charge in [-0.25, -0.2) is 8.42 Å². The van der Waals surface area contributed by atoms with Crippen molar-refractivity contribution < 1.29 is 18.3 Å². The molecule has 1 N–H and O–H groups in total. The molecule has 1 aromatic carbocycles. The number of rotatable bonds is 4. The predicted molar refractivity (Wildman–Crippen MR) is 75.0 cm³/mol. The minimum absolute atomic E-state index is 0.0855. The predicted octanol–water partition coefficient (Wildman–Crippen LogP) is 1.28. The number of ketones is 1. The number of piperidine rings is 1. The number of carbonyl (C=O) groups excluding carboxylic acids is 1. The third-order valence-corrected chi connectivity index (χ3v) is 5.64. The summed E-state index contributed by atoms with van der Waals surface area (Å²) in [5.41, 5.74) is 0.503. The second-order valence-electron chi connectivity index (χ2n) is 5.11. The van der Waals surface area contributed by atoms with Crippen molar-refractivity contribution in [2.75, 3.05) is 19.7 Å². The number of aliphatic hydroxyl groups is 1. The lowest BCUT2D eigenvalue weighted by molar-refractivity contribution is 0.101. The maximum absolute atomic E-state index is 12.4. The Kier molecular flexibility index (Phi) is 4.57.